The number of guanidine groups is 1. The van der Waals surface area contributed by atoms with E-state index in [2.05, 4.69) is 41.8 Å². The van der Waals surface area contributed by atoms with Crippen LogP contribution in [-0.2, 0) is 11.2 Å². The van der Waals surface area contributed by atoms with Crippen LogP contribution in [0.15, 0.2) is 29.3 Å². The van der Waals surface area contributed by atoms with E-state index >= 15 is 0 Å². The van der Waals surface area contributed by atoms with Crippen LogP contribution < -0.4 is 10.6 Å². The molecule has 25 heavy (non-hydrogen) atoms. The van der Waals surface area contributed by atoms with E-state index in [4.69, 9.17) is 9.73 Å². The minimum atomic E-state index is 0. The number of hydrogen-bond acceptors (Lipinski definition) is 2. The van der Waals surface area contributed by atoms with E-state index in [9.17, 15) is 0 Å². The first kappa shape index (κ1) is 20.5. The van der Waals surface area contributed by atoms with Gasteiger partial charge in [0.1, 0.15) is 0 Å². The third-order valence-corrected chi connectivity index (χ3v) is 5.64. The van der Waals surface area contributed by atoms with Gasteiger partial charge in [-0.25, -0.2) is 0 Å². The number of nitrogens with one attached hydrogen (secondary N) is 2. The summed E-state index contributed by atoms with van der Waals surface area (Å²) >= 11 is 0. The van der Waals surface area contributed by atoms with Crippen LogP contribution in [0.4, 0.5) is 0 Å². The molecule has 1 saturated carbocycles. The molecule has 2 aliphatic rings. The fourth-order valence-electron chi connectivity index (χ4n) is 3.84. The second-order valence-corrected chi connectivity index (χ2v) is 7.27. The van der Waals surface area contributed by atoms with Gasteiger partial charge in [-0.05, 0) is 49.1 Å². The largest absolute Gasteiger partial charge is 0.385 e. The number of rotatable bonds is 8. The number of methoxy groups -OCH3 is 1. The molecule has 0 heterocycles. The fraction of sp³-hybridized carbons (Fsp3) is 0.650. The van der Waals surface area contributed by atoms with Gasteiger partial charge in [-0.15, -0.1) is 24.0 Å². The van der Waals surface area contributed by atoms with Crippen LogP contribution >= 0.6 is 24.0 Å². The molecule has 4 nitrogen and oxygen atoms in total. The topological polar surface area (TPSA) is 45.7 Å². The van der Waals surface area contributed by atoms with Crippen molar-refractivity contribution in [3.05, 3.63) is 35.4 Å². The Labute approximate surface area is 169 Å². The molecule has 3 rings (SSSR count). The summed E-state index contributed by atoms with van der Waals surface area (Å²) < 4.78 is 5.28. The summed E-state index contributed by atoms with van der Waals surface area (Å²) in [6, 6.07) is 8.76. The standard InChI is InChI=1S/C20H31N3O.HI/c1-3-21-19(23-15-20(9-6-10-20)11-12-24-2)22-14-17-13-16-7-4-5-8-18(16)17;/h4-5,7-8,17H,3,6,9-15H2,1-2H3,(H2,21,22,23);1H. The monoisotopic (exact) mass is 457 g/mol. The molecule has 0 radical (unpaired) electrons. The van der Waals surface area contributed by atoms with Gasteiger partial charge in [-0.3, -0.25) is 4.99 Å². The number of halogens is 1. The maximum atomic E-state index is 5.28. The highest BCUT2D eigenvalue weighted by Gasteiger charge is 2.36. The van der Waals surface area contributed by atoms with Crippen LogP contribution in [0, 0.1) is 5.41 Å². The Morgan fingerprint density at radius 3 is 2.72 bits per heavy atom. The predicted molar refractivity (Wildman–Crippen MR) is 115 cm³/mol. The molecule has 0 aromatic heterocycles. The van der Waals surface area contributed by atoms with Gasteiger partial charge in [0.05, 0.1) is 0 Å². The Kier molecular flexibility index (Phi) is 8.00. The highest BCUT2D eigenvalue weighted by Crippen LogP contribution is 2.44. The Balaban J connectivity index is 0.00000225. The normalized spacial score (nSPS) is 20.6. The fourth-order valence-corrected chi connectivity index (χ4v) is 3.84. The Morgan fingerprint density at radius 2 is 2.08 bits per heavy atom. The van der Waals surface area contributed by atoms with Crippen LogP contribution in [0.25, 0.3) is 0 Å². The van der Waals surface area contributed by atoms with Gasteiger partial charge in [-0.2, -0.15) is 0 Å². The molecule has 0 spiro atoms. The lowest BCUT2D eigenvalue weighted by molar-refractivity contribution is 0.0778. The van der Waals surface area contributed by atoms with Crippen molar-refractivity contribution >= 4 is 29.9 Å². The third kappa shape index (κ3) is 5.09. The van der Waals surface area contributed by atoms with Crippen molar-refractivity contribution < 1.29 is 4.74 Å². The zero-order valence-corrected chi connectivity index (χ0v) is 17.8. The average Bonchev–Trinajstić information content (AvgIpc) is 2.54. The highest BCUT2D eigenvalue weighted by atomic mass is 127. The zero-order chi connectivity index (χ0) is 16.8. The van der Waals surface area contributed by atoms with Crippen molar-refractivity contribution in [3.63, 3.8) is 0 Å². The first-order chi connectivity index (χ1) is 11.8. The molecule has 2 N–H and O–H groups in total. The summed E-state index contributed by atoms with van der Waals surface area (Å²) in [7, 11) is 1.79. The molecule has 140 valence electrons. The average molecular weight is 457 g/mol. The molecule has 1 unspecified atom stereocenters. The first-order valence-electron chi connectivity index (χ1n) is 9.35. The van der Waals surface area contributed by atoms with E-state index in [0.717, 1.165) is 38.6 Å². The van der Waals surface area contributed by atoms with Crippen LogP contribution in [0.5, 0.6) is 0 Å². The molecule has 1 atom stereocenters. The lowest BCUT2D eigenvalue weighted by atomic mass is 9.67. The molecule has 1 aromatic carbocycles. The molecule has 0 amide bonds. The van der Waals surface area contributed by atoms with Gasteiger partial charge in [0, 0.05) is 39.3 Å². The van der Waals surface area contributed by atoms with Gasteiger partial charge in [0.25, 0.3) is 0 Å². The van der Waals surface area contributed by atoms with Crippen molar-refractivity contribution in [1.29, 1.82) is 0 Å². The molecular weight excluding hydrogens is 425 g/mol. The van der Waals surface area contributed by atoms with E-state index in [1.54, 1.807) is 7.11 Å². The second-order valence-electron chi connectivity index (χ2n) is 7.27. The van der Waals surface area contributed by atoms with Crippen LogP contribution in [0.2, 0.25) is 0 Å². The molecule has 0 aliphatic heterocycles. The summed E-state index contributed by atoms with van der Waals surface area (Å²) in [6.45, 7) is 5.75. The van der Waals surface area contributed by atoms with Crippen molar-refractivity contribution in [2.75, 3.05) is 33.4 Å². The van der Waals surface area contributed by atoms with Crippen molar-refractivity contribution in [2.45, 2.75) is 44.9 Å². The number of ether oxygens (including phenoxy) is 1. The van der Waals surface area contributed by atoms with Crippen LogP contribution in [0.1, 0.15) is 49.7 Å². The van der Waals surface area contributed by atoms with Gasteiger partial charge in [-0.1, -0.05) is 30.7 Å². The van der Waals surface area contributed by atoms with Gasteiger partial charge >= 0.3 is 0 Å². The first-order valence-corrected chi connectivity index (χ1v) is 9.35. The van der Waals surface area contributed by atoms with Gasteiger partial charge < -0.3 is 15.4 Å². The van der Waals surface area contributed by atoms with Crippen molar-refractivity contribution in [3.8, 4) is 0 Å². The molecule has 0 saturated heterocycles. The van der Waals surface area contributed by atoms with E-state index in [1.807, 2.05) is 0 Å². The molecule has 0 bridgehead atoms. The smallest absolute Gasteiger partial charge is 0.191 e. The second kappa shape index (κ2) is 9.76. The van der Waals surface area contributed by atoms with Crippen LogP contribution in [0.3, 0.4) is 0 Å². The maximum absolute atomic E-state index is 5.28. The van der Waals surface area contributed by atoms with Crippen LogP contribution in [-0.4, -0.2) is 39.3 Å². The van der Waals surface area contributed by atoms with Crippen molar-refractivity contribution in [1.82, 2.24) is 10.6 Å². The maximum Gasteiger partial charge on any atom is 0.191 e. The highest BCUT2D eigenvalue weighted by molar-refractivity contribution is 14.0. The summed E-state index contributed by atoms with van der Waals surface area (Å²) in [4.78, 5) is 4.89. The summed E-state index contributed by atoms with van der Waals surface area (Å²) in [5.74, 6) is 1.58. The van der Waals surface area contributed by atoms with Gasteiger partial charge in [0.2, 0.25) is 0 Å². The van der Waals surface area contributed by atoms with E-state index < -0.39 is 0 Å². The Morgan fingerprint density at radius 1 is 1.28 bits per heavy atom. The molecule has 5 heteroatoms. The Hall–Kier alpha value is -0.820. The Bertz CT molecular complexity index is 572. The molecule has 1 aromatic rings. The predicted octanol–water partition coefficient (Wildman–Crippen LogP) is 3.71. The SMILES string of the molecule is CCNC(=NCC1(CCOC)CCC1)NCC1Cc2ccccc21.I. The van der Waals surface area contributed by atoms with Gasteiger partial charge in [0.15, 0.2) is 5.96 Å². The van der Waals surface area contributed by atoms with E-state index in [0.29, 0.717) is 11.3 Å². The summed E-state index contributed by atoms with van der Waals surface area (Å²) in [5.41, 5.74) is 3.37. The number of fused-ring (bicyclic) bond motifs is 1. The number of nitrogens with zero attached hydrogens (tertiary/aromatic N) is 1. The number of aliphatic imine (C=N–C) groups is 1. The number of hydrogen-bond donors (Lipinski definition) is 2. The quantitative estimate of drug-likeness (QED) is 0.356. The minimum Gasteiger partial charge on any atom is -0.385 e. The number of benzene rings is 1. The molecule has 2 aliphatic carbocycles. The third-order valence-electron chi connectivity index (χ3n) is 5.64. The summed E-state index contributed by atoms with van der Waals surface area (Å²) in [6.07, 6.45) is 6.22. The molecule has 1 fully saturated rings. The zero-order valence-electron chi connectivity index (χ0n) is 15.5. The van der Waals surface area contributed by atoms with E-state index in [-0.39, 0.29) is 24.0 Å². The lowest BCUT2D eigenvalue weighted by Crippen LogP contribution is -2.42. The van der Waals surface area contributed by atoms with Crippen molar-refractivity contribution in [2.24, 2.45) is 10.4 Å². The summed E-state index contributed by atoms with van der Waals surface area (Å²) in [5, 5.41) is 6.94. The molecular formula is C20H32IN3O. The lowest BCUT2D eigenvalue weighted by Gasteiger charge is -2.41. The van der Waals surface area contributed by atoms with E-state index in [1.165, 1.54) is 36.8 Å². The minimum absolute atomic E-state index is 0.